The fourth-order valence-corrected chi connectivity index (χ4v) is 2.11. The molecule has 0 aliphatic heterocycles. The zero-order valence-electron chi connectivity index (χ0n) is 10.3. The van der Waals surface area contributed by atoms with E-state index in [1.807, 2.05) is 6.07 Å². The summed E-state index contributed by atoms with van der Waals surface area (Å²) in [6, 6.07) is 5.20. The zero-order valence-corrected chi connectivity index (χ0v) is 11.1. The molecule has 0 saturated heterocycles. The van der Waals surface area contributed by atoms with Gasteiger partial charge in [0.1, 0.15) is 17.2 Å². The van der Waals surface area contributed by atoms with Gasteiger partial charge in [-0.05, 0) is 18.1 Å². The highest BCUT2D eigenvalue weighted by Crippen LogP contribution is 2.24. The van der Waals surface area contributed by atoms with Crippen LogP contribution in [0, 0.1) is 0 Å². The van der Waals surface area contributed by atoms with Gasteiger partial charge in [-0.1, -0.05) is 32.6 Å². The Morgan fingerprint density at radius 1 is 1.44 bits per heavy atom. The van der Waals surface area contributed by atoms with Crippen molar-refractivity contribution in [3.63, 3.8) is 0 Å². The highest BCUT2D eigenvalue weighted by Gasteiger charge is 2.14. The Morgan fingerprint density at radius 3 is 2.83 bits per heavy atom. The lowest BCUT2D eigenvalue weighted by molar-refractivity contribution is 0.714. The lowest BCUT2D eigenvalue weighted by atomic mass is 10.1. The summed E-state index contributed by atoms with van der Waals surface area (Å²) in [7, 11) is 0. The molecule has 0 aliphatic carbocycles. The zero-order chi connectivity index (χ0) is 13.1. The molecule has 0 fully saturated rings. The molecule has 2 rings (SSSR count). The molecule has 5 heteroatoms. The largest absolute Gasteiger partial charge is 0.220 e. The van der Waals surface area contributed by atoms with Gasteiger partial charge in [0.2, 0.25) is 0 Å². The molecule has 0 N–H and O–H groups in total. The van der Waals surface area contributed by atoms with E-state index in [1.165, 1.54) is 0 Å². The second-order valence-electron chi connectivity index (χ2n) is 4.17. The van der Waals surface area contributed by atoms with Crippen molar-refractivity contribution < 1.29 is 3.89 Å². The van der Waals surface area contributed by atoms with Gasteiger partial charge in [-0.15, -0.1) is 0 Å². The van der Waals surface area contributed by atoms with Gasteiger partial charge in [0.25, 0.3) is 0 Å². The molecule has 2 heterocycles. The summed E-state index contributed by atoms with van der Waals surface area (Å²) >= 11 is 0.132. The molecule has 0 unspecified atom stereocenters. The normalized spacial score (nSPS) is 10.9. The maximum Gasteiger partial charge on any atom is 0.155 e. The molecule has 0 amide bonds. The summed E-state index contributed by atoms with van der Waals surface area (Å²) in [5.74, 6) is 0.901. The molecule has 0 aromatic carbocycles. The van der Waals surface area contributed by atoms with E-state index in [0.717, 1.165) is 11.3 Å². The third kappa shape index (κ3) is 2.31. The van der Waals surface area contributed by atoms with Crippen LogP contribution in [0.1, 0.15) is 31.0 Å². The number of hydrogen-bond acceptors (Lipinski definition) is 3. The minimum Gasteiger partial charge on any atom is -0.220 e. The highest BCUT2D eigenvalue weighted by atomic mass is 32.2. The molecular formula is C13H14FN3S. The second-order valence-corrected chi connectivity index (χ2v) is 4.74. The predicted molar refractivity (Wildman–Crippen MR) is 72.5 cm³/mol. The van der Waals surface area contributed by atoms with Gasteiger partial charge >= 0.3 is 0 Å². The van der Waals surface area contributed by atoms with Crippen molar-refractivity contribution in [3.8, 4) is 5.82 Å². The molecule has 0 aliphatic rings. The number of rotatable bonds is 4. The first kappa shape index (κ1) is 12.8. The molecule has 3 nitrogen and oxygen atoms in total. The van der Waals surface area contributed by atoms with Gasteiger partial charge in [-0.3, -0.25) is 0 Å². The van der Waals surface area contributed by atoms with Crippen LogP contribution in [-0.4, -0.2) is 14.8 Å². The molecule has 0 radical (unpaired) electrons. The Bertz CT molecular complexity index is 563. The third-order valence-corrected chi connectivity index (χ3v) is 2.99. The third-order valence-electron chi connectivity index (χ3n) is 2.61. The summed E-state index contributed by atoms with van der Waals surface area (Å²) in [5.41, 5.74) is 2.00. The lowest BCUT2D eigenvalue weighted by Gasteiger charge is -2.11. The first-order chi connectivity index (χ1) is 8.67. The van der Waals surface area contributed by atoms with E-state index >= 15 is 0 Å². The van der Waals surface area contributed by atoms with Crippen LogP contribution < -0.4 is 0 Å². The molecule has 94 valence electrons. The molecule has 2 aromatic heterocycles. The van der Waals surface area contributed by atoms with E-state index < -0.39 is 0 Å². The number of hydrogen-bond donors (Lipinski definition) is 0. The monoisotopic (exact) mass is 263 g/mol. The molecule has 0 spiro atoms. The summed E-state index contributed by atoms with van der Waals surface area (Å²) in [4.78, 5) is 4.21. The fraction of sp³-hybridized carbons (Fsp3) is 0.231. The van der Waals surface area contributed by atoms with Crippen LogP contribution in [0.15, 0.2) is 36.0 Å². The number of halogens is 1. The van der Waals surface area contributed by atoms with E-state index in [4.69, 9.17) is 0 Å². The van der Waals surface area contributed by atoms with E-state index in [9.17, 15) is 3.89 Å². The number of pyridine rings is 1. The van der Waals surface area contributed by atoms with Crippen LogP contribution in [0.4, 0.5) is 3.89 Å². The van der Waals surface area contributed by atoms with Crippen molar-refractivity contribution >= 4 is 18.2 Å². The molecule has 18 heavy (non-hydrogen) atoms. The topological polar surface area (TPSA) is 30.7 Å². The summed E-state index contributed by atoms with van der Waals surface area (Å²) < 4.78 is 14.3. The molecule has 0 saturated carbocycles. The summed E-state index contributed by atoms with van der Waals surface area (Å²) in [5, 5.41) is 4.64. The minimum atomic E-state index is 0.132. The number of nitrogens with zero attached hydrogens (tertiary/aromatic N) is 3. The smallest absolute Gasteiger partial charge is 0.155 e. The average molecular weight is 263 g/mol. The molecule has 0 bridgehead atoms. The van der Waals surface area contributed by atoms with Crippen molar-refractivity contribution in [1.82, 2.24) is 14.8 Å². The van der Waals surface area contributed by atoms with Crippen molar-refractivity contribution in [2.24, 2.45) is 0 Å². The maximum atomic E-state index is 12.6. The SMILES string of the molecule is C=Cc1cnn(-c2cccc(SF)n2)c1C(C)C. The fourth-order valence-electron chi connectivity index (χ4n) is 1.85. The van der Waals surface area contributed by atoms with Crippen LogP contribution in [0.3, 0.4) is 0 Å². The van der Waals surface area contributed by atoms with Crippen molar-refractivity contribution in [2.45, 2.75) is 24.8 Å². The maximum absolute atomic E-state index is 12.6. The summed E-state index contributed by atoms with van der Waals surface area (Å²) in [6.07, 6.45) is 3.52. The van der Waals surface area contributed by atoms with Crippen molar-refractivity contribution in [3.05, 3.63) is 42.2 Å². The van der Waals surface area contributed by atoms with Crippen LogP contribution >= 0.6 is 12.1 Å². The Balaban J connectivity index is 2.56. The Hall–Kier alpha value is -1.62. The van der Waals surface area contributed by atoms with Crippen molar-refractivity contribution in [2.75, 3.05) is 0 Å². The highest BCUT2D eigenvalue weighted by molar-refractivity contribution is 7.94. The van der Waals surface area contributed by atoms with Crippen LogP contribution in [-0.2, 0) is 0 Å². The van der Waals surface area contributed by atoms with Crippen LogP contribution in [0.5, 0.6) is 0 Å². The van der Waals surface area contributed by atoms with Gasteiger partial charge in [0, 0.05) is 5.56 Å². The van der Waals surface area contributed by atoms with E-state index in [-0.39, 0.29) is 18.1 Å². The second kappa shape index (κ2) is 5.35. The lowest BCUT2D eigenvalue weighted by Crippen LogP contribution is -2.06. The van der Waals surface area contributed by atoms with Crippen molar-refractivity contribution in [1.29, 1.82) is 0 Å². The van der Waals surface area contributed by atoms with Crippen LogP contribution in [0.2, 0.25) is 0 Å². The Labute approximate surface area is 110 Å². The van der Waals surface area contributed by atoms with Gasteiger partial charge in [0.05, 0.1) is 11.9 Å². The summed E-state index contributed by atoms with van der Waals surface area (Å²) in [6.45, 7) is 7.93. The van der Waals surface area contributed by atoms with E-state index in [1.54, 1.807) is 29.1 Å². The molecule has 0 atom stereocenters. The van der Waals surface area contributed by atoms with Gasteiger partial charge in [-0.2, -0.15) is 8.98 Å². The van der Waals surface area contributed by atoms with E-state index in [2.05, 4.69) is 30.5 Å². The Kier molecular flexibility index (Phi) is 3.81. The van der Waals surface area contributed by atoms with Gasteiger partial charge in [0.15, 0.2) is 5.82 Å². The molecule has 2 aromatic rings. The first-order valence-electron chi connectivity index (χ1n) is 5.63. The van der Waals surface area contributed by atoms with E-state index in [0.29, 0.717) is 10.8 Å². The van der Waals surface area contributed by atoms with Gasteiger partial charge in [-0.25, -0.2) is 9.67 Å². The quantitative estimate of drug-likeness (QED) is 0.835. The van der Waals surface area contributed by atoms with Gasteiger partial charge < -0.3 is 0 Å². The minimum absolute atomic E-state index is 0.132. The molecular weight excluding hydrogens is 249 g/mol. The average Bonchev–Trinajstić information content (AvgIpc) is 2.82. The predicted octanol–water partition coefficient (Wildman–Crippen LogP) is 4.01. The van der Waals surface area contributed by atoms with Crippen LogP contribution in [0.25, 0.3) is 11.9 Å². The first-order valence-corrected chi connectivity index (χ1v) is 6.35. The Morgan fingerprint density at radius 2 is 2.22 bits per heavy atom. The number of aromatic nitrogens is 3. The standard InChI is InChI=1S/C13H14FN3S/c1-4-10-8-15-17(13(10)9(2)3)11-6-5-7-12(16-11)18-14/h4-9H,1H2,2-3H3.